The zero-order valence-electron chi connectivity index (χ0n) is 11.6. The van der Waals surface area contributed by atoms with Gasteiger partial charge in [-0.25, -0.2) is 13.2 Å². The Hall–Kier alpha value is -1.03. The summed E-state index contributed by atoms with van der Waals surface area (Å²) in [6, 6.07) is 1.48. The van der Waals surface area contributed by atoms with Crippen LogP contribution >= 0.6 is 0 Å². The fraction of sp³-hybridized carbons (Fsp3) is 0.600. The lowest BCUT2D eigenvalue weighted by Gasteiger charge is -2.08. The van der Waals surface area contributed by atoms with Crippen molar-refractivity contribution >= 4 is 0 Å². The van der Waals surface area contributed by atoms with E-state index in [4.69, 9.17) is 0 Å². The van der Waals surface area contributed by atoms with Crippen LogP contribution in [0, 0.1) is 23.4 Å². The summed E-state index contributed by atoms with van der Waals surface area (Å²) in [5.41, 5.74) is -0.00320. The molecule has 4 heteroatoms. The van der Waals surface area contributed by atoms with Crippen molar-refractivity contribution in [2.45, 2.75) is 39.5 Å². The fourth-order valence-electron chi connectivity index (χ4n) is 1.93. The van der Waals surface area contributed by atoms with Crippen LogP contribution in [0.3, 0.4) is 0 Å². The predicted octanol–water partition coefficient (Wildman–Crippen LogP) is 4.06. The molecule has 1 aromatic rings. The van der Waals surface area contributed by atoms with Crippen molar-refractivity contribution in [3.8, 4) is 0 Å². The Morgan fingerprint density at radius 1 is 1.00 bits per heavy atom. The normalized spacial score (nSPS) is 11.3. The molecule has 0 spiro atoms. The Morgan fingerprint density at radius 3 is 2.21 bits per heavy atom. The molecule has 0 unspecified atom stereocenters. The van der Waals surface area contributed by atoms with Crippen molar-refractivity contribution in [3.05, 3.63) is 35.1 Å². The van der Waals surface area contributed by atoms with E-state index in [1.807, 2.05) is 0 Å². The van der Waals surface area contributed by atoms with Crippen molar-refractivity contribution in [2.24, 2.45) is 5.92 Å². The molecule has 0 aliphatic heterocycles. The van der Waals surface area contributed by atoms with E-state index in [0.29, 0.717) is 18.8 Å². The molecule has 0 bridgehead atoms. The lowest BCUT2D eigenvalue weighted by molar-refractivity contribution is 0.508. The topological polar surface area (TPSA) is 12.0 Å². The van der Waals surface area contributed by atoms with E-state index in [9.17, 15) is 13.2 Å². The fourth-order valence-corrected chi connectivity index (χ4v) is 1.93. The van der Waals surface area contributed by atoms with Gasteiger partial charge in [-0.3, -0.25) is 0 Å². The number of benzene rings is 1. The van der Waals surface area contributed by atoms with Crippen molar-refractivity contribution in [3.63, 3.8) is 0 Å². The molecule has 0 aliphatic rings. The maximum absolute atomic E-state index is 13.3. The summed E-state index contributed by atoms with van der Waals surface area (Å²) < 4.78 is 39.4. The van der Waals surface area contributed by atoms with Crippen LogP contribution in [0.2, 0.25) is 0 Å². The summed E-state index contributed by atoms with van der Waals surface area (Å²) in [6.45, 7) is 6.20. The van der Waals surface area contributed by atoms with Gasteiger partial charge in [-0.1, -0.05) is 20.3 Å². The molecule has 0 heterocycles. The molecule has 0 aliphatic carbocycles. The zero-order chi connectivity index (χ0) is 14.3. The predicted molar refractivity (Wildman–Crippen MR) is 71.6 cm³/mol. The zero-order valence-corrected chi connectivity index (χ0v) is 11.6. The maximum atomic E-state index is 13.3. The van der Waals surface area contributed by atoms with Crippen LogP contribution < -0.4 is 5.32 Å². The molecular formula is C15H22F3N. The minimum absolute atomic E-state index is 0.00320. The largest absolute Gasteiger partial charge is 0.316 e. The third-order valence-corrected chi connectivity index (χ3v) is 2.94. The molecule has 0 amide bonds. The van der Waals surface area contributed by atoms with Gasteiger partial charge in [0, 0.05) is 17.7 Å². The van der Waals surface area contributed by atoms with E-state index in [0.717, 1.165) is 38.1 Å². The van der Waals surface area contributed by atoms with E-state index in [1.54, 1.807) is 0 Å². The third-order valence-electron chi connectivity index (χ3n) is 2.94. The number of halogens is 3. The highest BCUT2D eigenvalue weighted by Crippen LogP contribution is 2.17. The quantitative estimate of drug-likeness (QED) is 0.704. The Morgan fingerprint density at radius 2 is 1.63 bits per heavy atom. The molecule has 1 rings (SSSR count). The molecule has 19 heavy (non-hydrogen) atoms. The monoisotopic (exact) mass is 273 g/mol. The second-order valence-electron chi connectivity index (χ2n) is 5.26. The molecule has 0 radical (unpaired) electrons. The van der Waals surface area contributed by atoms with Gasteiger partial charge < -0.3 is 5.32 Å². The van der Waals surface area contributed by atoms with Gasteiger partial charge in [0.2, 0.25) is 0 Å². The summed E-state index contributed by atoms with van der Waals surface area (Å²) in [4.78, 5) is 0. The van der Waals surface area contributed by atoms with Crippen LogP contribution in [-0.4, -0.2) is 13.1 Å². The highest BCUT2D eigenvalue weighted by Gasteiger charge is 2.10. The van der Waals surface area contributed by atoms with Gasteiger partial charge >= 0.3 is 0 Å². The van der Waals surface area contributed by atoms with E-state index >= 15 is 0 Å². The molecular weight excluding hydrogens is 251 g/mol. The SMILES string of the molecule is CC(C)CNCCCCCc1c(F)cc(F)cc1F. The Balaban J connectivity index is 2.23. The summed E-state index contributed by atoms with van der Waals surface area (Å²) >= 11 is 0. The first kappa shape index (κ1) is 16.0. The van der Waals surface area contributed by atoms with E-state index in [2.05, 4.69) is 19.2 Å². The van der Waals surface area contributed by atoms with Gasteiger partial charge in [0.1, 0.15) is 17.5 Å². The van der Waals surface area contributed by atoms with Gasteiger partial charge in [-0.2, -0.15) is 0 Å². The van der Waals surface area contributed by atoms with Crippen molar-refractivity contribution in [1.29, 1.82) is 0 Å². The van der Waals surface area contributed by atoms with Crippen LogP contribution in [0.15, 0.2) is 12.1 Å². The van der Waals surface area contributed by atoms with Gasteiger partial charge in [-0.05, 0) is 38.3 Å². The van der Waals surface area contributed by atoms with Gasteiger partial charge in [-0.15, -0.1) is 0 Å². The van der Waals surface area contributed by atoms with Crippen molar-refractivity contribution < 1.29 is 13.2 Å². The Kier molecular flexibility index (Phi) is 6.92. The minimum Gasteiger partial charge on any atom is -0.316 e. The molecule has 1 aromatic carbocycles. The molecule has 0 aromatic heterocycles. The van der Waals surface area contributed by atoms with Gasteiger partial charge in [0.15, 0.2) is 0 Å². The standard InChI is InChI=1S/C15H22F3N/c1-11(2)10-19-7-5-3-4-6-13-14(17)8-12(16)9-15(13)18/h8-9,11,19H,3-7,10H2,1-2H3. The molecule has 0 fully saturated rings. The second-order valence-corrected chi connectivity index (χ2v) is 5.26. The number of hydrogen-bond acceptors (Lipinski definition) is 1. The summed E-state index contributed by atoms with van der Waals surface area (Å²) in [7, 11) is 0. The summed E-state index contributed by atoms with van der Waals surface area (Å²) in [6.07, 6.45) is 2.92. The molecule has 1 N–H and O–H groups in total. The average molecular weight is 273 g/mol. The smallest absolute Gasteiger partial charge is 0.132 e. The summed E-state index contributed by atoms with van der Waals surface area (Å²) in [5, 5.41) is 3.32. The van der Waals surface area contributed by atoms with Gasteiger partial charge in [0.05, 0.1) is 0 Å². The highest BCUT2D eigenvalue weighted by molar-refractivity contribution is 5.20. The third kappa shape index (κ3) is 6.10. The van der Waals surface area contributed by atoms with E-state index < -0.39 is 17.5 Å². The van der Waals surface area contributed by atoms with E-state index in [1.165, 1.54) is 0 Å². The highest BCUT2D eigenvalue weighted by atomic mass is 19.1. The van der Waals surface area contributed by atoms with Crippen molar-refractivity contribution in [2.75, 3.05) is 13.1 Å². The van der Waals surface area contributed by atoms with E-state index in [-0.39, 0.29) is 5.56 Å². The molecule has 0 saturated carbocycles. The van der Waals surface area contributed by atoms with Crippen LogP contribution in [-0.2, 0) is 6.42 Å². The Bertz CT molecular complexity index is 368. The number of rotatable bonds is 8. The first-order valence-electron chi connectivity index (χ1n) is 6.85. The molecule has 0 saturated heterocycles. The van der Waals surface area contributed by atoms with Crippen LogP contribution in [0.1, 0.15) is 38.7 Å². The van der Waals surface area contributed by atoms with Crippen LogP contribution in [0.25, 0.3) is 0 Å². The average Bonchev–Trinajstić information content (AvgIpc) is 2.30. The summed E-state index contributed by atoms with van der Waals surface area (Å²) in [5.74, 6) is -1.80. The molecule has 1 nitrogen and oxygen atoms in total. The lowest BCUT2D eigenvalue weighted by Crippen LogP contribution is -2.20. The number of hydrogen-bond donors (Lipinski definition) is 1. The second kappa shape index (κ2) is 8.20. The first-order valence-corrected chi connectivity index (χ1v) is 6.85. The number of unbranched alkanes of at least 4 members (excludes halogenated alkanes) is 2. The van der Waals surface area contributed by atoms with Crippen LogP contribution in [0.5, 0.6) is 0 Å². The molecule has 108 valence electrons. The van der Waals surface area contributed by atoms with Crippen LogP contribution in [0.4, 0.5) is 13.2 Å². The Labute approximate surface area is 113 Å². The number of nitrogens with one attached hydrogen (secondary N) is 1. The lowest BCUT2D eigenvalue weighted by atomic mass is 10.1. The maximum Gasteiger partial charge on any atom is 0.132 e. The van der Waals surface area contributed by atoms with Gasteiger partial charge in [0.25, 0.3) is 0 Å². The van der Waals surface area contributed by atoms with Crippen molar-refractivity contribution in [1.82, 2.24) is 5.32 Å². The minimum atomic E-state index is -0.864. The molecule has 0 atom stereocenters. The first-order chi connectivity index (χ1) is 9.00.